The molecule has 119 heavy (non-hydrogen) atoms. The molecule has 33 heteroatoms. The Hall–Kier alpha value is -2.47. The van der Waals surface area contributed by atoms with Gasteiger partial charge in [-0.25, -0.2) is 13.2 Å². The molecule has 2 aromatic heterocycles. The fourth-order valence-electron chi connectivity index (χ4n) is 11.9. The van der Waals surface area contributed by atoms with Gasteiger partial charge in [0, 0.05) is 105 Å². The second-order valence-corrected chi connectivity index (χ2v) is 36.2. The average Bonchev–Trinajstić information content (AvgIpc) is 1.62. The number of phenolic OH excluding ortho intramolecular Hbond substituents is 1. The predicted molar refractivity (Wildman–Crippen MR) is 511 cm³/mol. The van der Waals surface area contributed by atoms with Crippen LogP contribution in [0, 0.1) is 21.0 Å². The minimum Gasteiger partial charge on any atom is -1.00 e. The van der Waals surface area contributed by atoms with Crippen LogP contribution in [0.5, 0.6) is 17.2 Å². The number of ether oxygens (including phenoxy) is 2. The minimum absolute atomic E-state index is 0. The van der Waals surface area contributed by atoms with Crippen molar-refractivity contribution in [3.8, 4) is 39.5 Å². The van der Waals surface area contributed by atoms with E-state index in [9.17, 15) is 38.4 Å². The quantitative estimate of drug-likeness (QED) is 0.0148. The van der Waals surface area contributed by atoms with Gasteiger partial charge < -0.3 is 56.5 Å². The summed E-state index contributed by atoms with van der Waals surface area (Å²) in [4.78, 5) is 11.2. The molecule has 0 bridgehead atoms. The van der Waals surface area contributed by atoms with E-state index in [2.05, 4.69) is 166 Å². The van der Waals surface area contributed by atoms with Crippen LogP contribution in [0.4, 0.5) is 13.2 Å². The summed E-state index contributed by atoms with van der Waals surface area (Å²) >= 11 is 33.9. The fourth-order valence-corrected chi connectivity index (χ4v) is 13.6. The van der Waals surface area contributed by atoms with Crippen LogP contribution in [0.2, 0.25) is 0 Å². The van der Waals surface area contributed by atoms with Gasteiger partial charge in [0.15, 0.2) is 0 Å². The van der Waals surface area contributed by atoms with Crippen LogP contribution in [-0.4, -0.2) is 75.7 Å². The summed E-state index contributed by atoms with van der Waals surface area (Å²) in [5, 5.41) is 70.3. The van der Waals surface area contributed by atoms with E-state index in [1.807, 2.05) is 192 Å². The molecule has 0 fully saturated rings. The molecule has 0 aliphatic rings. The zero-order chi connectivity index (χ0) is 83.4. The van der Waals surface area contributed by atoms with Gasteiger partial charge in [0.25, 0.3) is 6.47 Å². The first-order valence-electron chi connectivity index (χ1n) is 33.8. The number of hydrogen-bond acceptors (Lipinski definition) is 13. The molecule has 17 rings (SSSR count). The van der Waals surface area contributed by atoms with E-state index in [0.29, 0.717) is 52.7 Å². The number of carbonyl (C=O) groups excluding carboxylic acids is 1. The Balaban J connectivity index is 0.000000477. The van der Waals surface area contributed by atoms with Gasteiger partial charge >= 0.3 is 172 Å². The van der Waals surface area contributed by atoms with E-state index in [-0.39, 0.29) is 203 Å². The zero-order valence-corrected chi connectivity index (χ0v) is 88.6. The van der Waals surface area contributed by atoms with E-state index in [0.717, 1.165) is 89.6 Å². The van der Waals surface area contributed by atoms with E-state index in [1.54, 1.807) is 62.7 Å². The smallest absolute Gasteiger partial charge is 1.00 e. The molecule has 0 aliphatic carbocycles. The summed E-state index contributed by atoms with van der Waals surface area (Å²) in [6.45, 7) is -0.181. The van der Waals surface area contributed by atoms with Gasteiger partial charge in [0.1, 0.15) is 57.0 Å². The summed E-state index contributed by atoms with van der Waals surface area (Å²) in [7, 11) is 4.62. The molecular formula is C86H69B3Br7Cl2F3IK3NO12P. The molecule has 2 heterocycles. The van der Waals surface area contributed by atoms with Crippen molar-refractivity contribution < 1.29 is 229 Å². The summed E-state index contributed by atoms with van der Waals surface area (Å²) in [6.07, 6.45) is 0. The predicted octanol–water partition coefficient (Wildman–Crippen LogP) is 17.0. The summed E-state index contributed by atoms with van der Waals surface area (Å²) in [5.41, 5.74) is 6.42. The second-order valence-electron chi connectivity index (χ2n) is 23.7. The van der Waals surface area contributed by atoms with E-state index in [4.69, 9.17) is 51.6 Å². The number of benzene rings is 15. The van der Waals surface area contributed by atoms with Crippen LogP contribution in [0.25, 0.3) is 120 Å². The number of hydrogen-bond donors (Lipinski definition) is 5. The normalized spacial score (nSPS) is 9.92. The Kier molecular flexibility index (Phi) is 51.2. The standard InChI is InChI=1S/C17H12BrFO.C16H11BO3.C16H10BrFO.C16H9BrO.C11H11BO3.C6H3BrFI.CH2Cl2.CH4NP.CH2O3.CH4.BBr3.3K.2H/c1-20-17-13-5-3-2-4-11(13)6-8-15(17)14-9-7-12(18)10-16(14)19;18-17(19)11-6-8-13-14-7-5-10-3-1-2-4-12(10)16(14)20-15(13)9-11;17-11-6-8-13(15(18)9-11)14-7-5-10-3-1-2-4-12(10)16(14)19;17-11-6-8-13-14-7-5-10-3-1-2-4-12(10)16(14)18-15(13)9-11;1-15-11-9-5-3-2-4-8(9)6-7-10(11)12(13)14;7-4-1-2-6(9)5(8)3-4;2-1-3;1-2-3;2-1-4-3;;2-1(3)4;;;;;/h2-10H,1H3;1-9,18-19H;1-9,19H;1-9H;2-7,13-14H,1H3;1-3H;1H2;3H,1H3;1,3H;1H4;;;;;;/q;;;;;;;;;;;3*+1;2*-1/p-1. The van der Waals surface area contributed by atoms with Crippen LogP contribution in [-0.2, 0) is 9.68 Å². The number of phenols is 1. The molecule has 17 aromatic rings. The summed E-state index contributed by atoms with van der Waals surface area (Å²) in [5.74, 6) is 0.518. The fraction of sp³-hybridized carbons (Fsp3) is 0.0581. The average molecular weight is 2300 g/mol. The van der Waals surface area contributed by atoms with Gasteiger partial charge in [-0.05, 0) is 155 Å². The first-order valence-corrected chi connectivity index (χ1v) is 42.3. The van der Waals surface area contributed by atoms with E-state index in [1.165, 1.54) is 46.9 Å². The number of carbonyl (C=O) groups is 1. The molecule has 15 aromatic carbocycles. The number of halogens is 13. The molecule has 0 radical (unpaired) electrons. The molecule has 0 saturated carbocycles. The van der Waals surface area contributed by atoms with Crippen LogP contribution < -0.4 is 180 Å². The Bertz CT molecular complexity index is 6200. The van der Waals surface area contributed by atoms with Crippen molar-refractivity contribution in [2.24, 2.45) is 4.74 Å². The van der Waals surface area contributed by atoms with Crippen molar-refractivity contribution in [2.75, 3.05) is 26.6 Å². The number of fused-ring (bicyclic) bond motifs is 13. The number of alkyl halides is 2. The van der Waals surface area contributed by atoms with Crippen LogP contribution in [0.1, 0.15) is 10.3 Å². The van der Waals surface area contributed by atoms with Crippen LogP contribution in [0.15, 0.2) is 304 Å². The SMILES string of the molecule is BrB(Br)Br.Brc1ccc2c(c1)oc1c3ccccc3ccc21.C.CN=P.COc1c(-c2ccc(Br)cc2F)ccc2ccccc12.COc1c(B(O)O)ccc2ccccc12.ClCCl.Fc1cc(Br)ccc1I.O=CO[O-].OB(O)c1ccc2c(c1)oc1c3ccccc3ccc21.Oc1c(-c2ccc(Br)cc2F)ccc2ccccc12.[H-].[H-].[K+].[K+].[K+]. The number of aromatic hydroxyl groups is 1. The molecule has 0 unspecified atom stereocenters. The number of rotatable bonds is 7. The molecule has 5 N–H and O–H groups in total. The van der Waals surface area contributed by atoms with Crippen molar-refractivity contribution in [3.63, 3.8) is 0 Å². The number of furan rings is 2. The van der Waals surface area contributed by atoms with Crippen molar-refractivity contribution in [1.29, 1.82) is 0 Å². The van der Waals surface area contributed by atoms with Gasteiger partial charge in [-0.2, -0.15) is 0 Å². The molecule has 13 nitrogen and oxygen atoms in total. The number of methoxy groups -OCH3 is 2. The summed E-state index contributed by atoms with van der Waals surface area (Å²) < 4.78 is 70.8. The van der Waals surface area contributed by atoms with Crippen molar-refractivity contribution in [3.05, 3.63) is 312 Å². The van der Waals surface area contributed by atoms with E-state index < -0.39 is 14.2 Å². The minimum atomic E-state index is -1.51. The maximum absolute atomic E-state index is 14.2. The van der Waals surface area contributed by atoms with Gasteiger partial charge in [-0.15, -0.1) is 70.5 Å². The molecule has 0 aliphatic heterocycles. The molecule has 0 saturated heterocycles. The molecule has 0 atom stereocenters. The van der Waals surface area contributed by atoms with Gasteiger partial charge in [-0.3, -0.25) is 9.54 Å². The maximum atomic E-state index is 14.2. The molecule has 0 amide bonds. The topological polar surface area (TPSA) is 208 Å². The third-order valence-corrected chi connectivity index (χ3v) is 19.6. The third kappa shape index (κ3) is 30.9. The first-order chi connectivity index (χ1) is 55.3. The Morgan fingerprint density at radius 1 is 0.462 bits per heavy atom. The van der Waals surface area contributed by atoms with Crippen LogP contribution >= 0.6 is 166 Å². The second kappa shape index (κ2) is 56.0. The molecule has 598 valence electrons. The molecule has 0 spiro atoms. The monoisotopic (exact) mass is 2290 g/mol. The van der Waals surface area contributed by atoms with E-state index >= 15 is 0 Å². The zero-order valence-electron chi connectivity index (χ0n) is 65.5. The van der Waals surface area contributed by atoms with Crippen molar-refractivity contribution in [2.45, 2.75) is 7.43 Å². The van der Waals surface area contributed by atoms with Crippen molar-refractivity contribution >= 4 is 298 Å². The Morgan fingerprint density at radius 3 is 1.19 bits per heavy atom. The largest absolute Gasteiger partial charge is 1.00 e. The van der Waals surface area contributed by atoms with Crippen molar-refractivity contribution in [1.82, 2.24) is 0 Å². The third-order valence-electron chi connectivity index (χ3n) is 16.8. The first kappa shape index (κ1) is 109. The Morgan fingerprint density at radius 2 is 0.782 bits per heavy atom. The van der Waals surface area contributed by atoms with Crippen LogP contribution in [0.3, 0.4) is 0 Å². The van der Waals surface area contributed by atoms with Gasteiger partial charge in [0.2, 0.25) is 0 Å². The van der Waals surface area contributed by atoms with Gasteiger partial charge in [-0.1, -0.05) is 253 Å². The summed E-state index contributed by atoms with van der Waals surface area (Å²) in [6, 6.07) is 85.1. The molecular weight excluding hydrogens is 2230 g/mol. The Labute approximate surface area is 902 Å². The number of nitrogens with zero attached hydrogens (tertiary/aromatic N) is 1. The van der Waals surface area contributed by atoms with Gasteiger partial charge in [0.05, 0.1) is 19.6 Å². The maximum Gasteiger partial charge on any atom is 1.00 e.